The van der Waals surface area contributed by atoms with Crippen molar-refractivity contribution in [3.63, 3.8) is 0 Å². The van der Waals surface area contributed by atoms with Crippen LogP contribution in [0.3, 0.4) is 0 Å². The summed E-state index contributed by atoms with van der Waals surface area (Å²) in [5.41, 5.74) is 2.98. The minimum Gasteiger partial charge on any atom is -0.507 e. The highest BCUT2D eigenvalue weighted by molar-refractivity contribution is 6.17. The van der Waals surface area contributed by atoms with Crippen molar-refractivity contribution in [2.45, 2.75) is 6.42 Å². The number of allylic oxidation sites excluding steroid dienone is 1. The largest absolute Gasteiger partial charge is 0.507 e. The van der Waals surface area contributed by atoms with Gasteiger partial charge >= 0.3 is 0 Å². The maximum atomic E-state index is 12.2. The lowest BCUT2D eigenvalue weighted by Crippen LogP contribution is -1.95. The number of ketones is 1. The van der Waals surface area contributed by atoms with E-state index in [0.717, 1.165) is 11.1 Å². The molecule has 1 aliphatic carbocycles. The lowest BCUT2D eigenvalue weighted by molar-refractivity contribution is 0.103. The van der Waals surface area contributed by atoms with Gasteiger partial charge in [-0.15, -0.1) is 12.4 Å². The van der Waals surface area contributed by atoms with Gasteiger partial charge in [0, 0.05) is 24.4 Å². The molecule has 19 heavy (non-hydrogen) atoms. The van der Waals surface area contributed by atoms with E-state index < -0.39 is 0 Å². The number of benzene rings is 1. The first kappa shape index (κ1) is 13.3. The molecule has 0 bridgehead atoms. The van der Waals surface area contributed by atoms with Crippen LogP contribution in [0.25, 0.3) is 6.08 Å². The number of Topliss-reactive ketones (excluding diaryl/α,β-unsaturated/α-hetero) is 1. The molecule has 3 rings (SSSR count). The normalized spacial score (nSPS) is 15.2. The predicted molar refractivity (Wildman–Crippen MR) is 75.6 cm³/mol. The second-order valence-corrected chi connectivity index (χ2v) is 4.27. The van der Waals surface area contributed by atoms with Gasteiger partial charge in [0.2, 0.25) is 0 Å². The van der Waals surface area contributed by atoms with Crippen LogP contribution in [0.15, 0.2) is 48.3 Å². The van der Waals surface area contributed by atoms with Crippen molar-refractivity contribution in [2.24, 2.45) is 0 Å². The number of pyridine rings is 1. The van der Waals surface area contributed by atoms with Gasteiger partial charge in [0.15, 0.2) is 5.78 Å². The van der Waals surface area contributed by atoms with E-state index in [2.05, 4.69) is 4.98 Å². The molecule has 0 fully saturated rings. The van der Waals surface area contributed by atoms with Crippen molar-refractivity contribution in [1.82, 2.24) is 4.98 Å². The maximum absolute atomic E-state index is 12.2. The third-order valence-corrected chi connectivity index (χ3v) is 3.08. The molecule has 96 valence electrons. The van der Waals surface area contributed by atoms with Gasteiger partial charge in [-0.2, -0.15) is 0 Å². The minimum absolute atomic E-state index is 0. The fraction of sp³-hybridized carbons (Fsp3) is 0.0667. The molecule has 0 spiro atoms. The molecule has 2 aromatic rings. The number of hydrogen-bond donors (Lipinski definition) is 1. The molecule has 1 heterocycles. The zero-order chi connectivity index (χ0) is 12.5. The van der Waals surface area contributed by atoms with E-state index in [1.807, 2.05) is 24.3 Å². The van der Waals surface area contributed by atoms with Gasteiger partial charge in [-0.05, 0) is 35.4 Å². The topological polar surface area (TPSA) is 50.2 Å². The summed E-state index contributed by atoms with van der Waals surface area (Å²) in [6, 6.07) is 8.88. The fourth-order valence-electron chi connectivity index (χ4n) is 2.22. The van der Waals surface area contributed by atoms with Crippen LogP contribution in [0.1, 0.15) is 21.5 Å². The Kier molecular flexibility index (Phi) is 3.67. The van der Waals surface area contributed by atoms with Gasteiger partial charge in [0.25, 0.3) is 0 Å². The minimum atomic E-state index is -0.0834. The Morgan fingerprint density at radius 3 is 2.58 bits per heavy atom. The quantitative estimate of drug-likeness (QED) is 0.813. The van der Waals surface area contributed by atoms with Crippen LogP contribution in [-0.2, 0) is 6.42 Å². The molecule has 1 N–H and O–H groups in total. The molecular weight excluding hydrogens is 262 g/mol. The Morgan fingerprint density at radius 2 is 1.89 bits per heavy atom. The molecule has 0 saturated heterocycles. The smallest absolute Gasteiger partial charge is 0.193 e. The summed E-state index contributed by atoms with van der Waals surface area (Å²) in [6.07, 6.45) is 5.81. The Hall–Kier alpha value is -2.13. The van der Waals surface area contributed by atoms with E-state index >= 15 is 0 Å². The standard InChI is InChI=1S/C15H11NO2.ClH/c17-13-3-1-2-11-9-12(15(18)14(11)13)8-10-4-6-16-7-5-10;/h1-8,17H,9H2;1H/b12-8+;. The average molecular weight is 274 g/mol. The Morgan fingerprint density at radius 1 is 1.16 bits per heavy atom. The van der Waals surface area contributed by atoms with Crippen LogP contribution in [0.2, 0.25) is 0 Å². The number of fused-ring (bicyclic) bond motifs is 1. The van der Waals surface area contributed by atoms with Gasteiger partial charge in [0.1, 0.15) is 5.75 Å². The molecular formula is C15H12ClNO2. The summed E-state index contributed by atoms with van der Waals surface area (Å²) < 4.78 is 0. The number of aromatic hydroxyl groups is 1. The number of carbonyl (C=O) groups excluding carboxylic acids is 1. The third kappa shape index (κ3) is 2.37. The fourth-order valence-corrected chi connectivity index (χ4v) is 2.22. The van der Waals surface area contributed by atoms with Crippen molar-refractivity contribution in [3.05, 3.63) is 65.0 Å². The summed E-state index contributed by atoms with van der Waals surface area (Å²) >= 11 is 0. The number of rotatable bonds is 1. The van der Waals surface area contributed by atoms with Crippen LogP contribution >= 0.6 is 12.4 Å². The van der Waals surface area contributed by atoms with E-state index in [-0.39, 0.29) is 23.9 Å². The molecule has 0 aliphatic heterocycles. The summed E-state index contributed by atoms with van der Waals surface area (Å²) in [5, 5.41) is 9.73. The van der Waals surface area contributed by atoms with Gasteiger partial charge in [0.05, 0.1) is 5.56 Å². The third-order valence-electron chi connectivity index (χ3n) is 3.08. The molecule has 0 radical (unpaired) electrons. The molecule has 0 unspecified atom stereocenters. The highest BCUT2D eigenvalue weighted by Crippen LogP contribution is 2.33. The number of halogens is 1. The lowest BCUT2D eigenvalue weighted by Gasteiger charge is -1.98. The number of hydrogen-bond acceptors (Lipinski definition) is 3. The second kappa shape index (κ2) is 5.24. The molecule has 3 nitrogen and oxygen atoms in total. The first-order chi connectivity index (χ1) is 8.75. The van der Waals surface area contributed by atoms with Gasteiger partial charge in [-0.25, -0.2) is 0 Å². The Balaban J connectivity index is 0.00000133. The van der Waals surface area contributed by atoms with E-state index in [1.54, 1.807) is 24.5 Å². The summed E-state index contributed by atoms with van der Waals surface area (Å²) in [4.78, 5) is 16.1. The predicted octanol–water partition coefficient (Wildman–Crippen LogP) is 3.03. The maximum Gasteiger partial charge on any atom is 0.193 e. The van der Waals surface area contributed by atoms with Gasteiger partial charge in [-0.3, -0.25) is 9.78 Å². The number of aromatic nitrogens is 1. The highest BCUT2D eigenvalue weighted by atomic mass is 35.5. The van der Waals surface area contributed by atoms with Gasteiger partial charge in [-0.1, -0.05) is 12.1 Å². The average Bonchev–Trinajstić information content (AvgIpc) is 2.69. The SMILES string of the molecule is Cl.O=C1/C(=C/c2ccncc2)Cc2cccc(O)c21. The van der Waals surface area contributed by atoms with Crippen LogP contribution < -0.4 is 0 Å². The van der Waals surface area contributed by atoms with E-state index in [9.17, 15) is 9.90 Å². The van der Waals surface area contributed by atoms with E-state index in [1.165, 1.54) is 0 Å². The number of phenolic OH excluding ortho intramolecular Hbond substituents is 1. The first-order valence-corrected chi connectivity index (χ1v) is 5.72. The lowest BCUT2D eigenvalue weighted by atomic mass is 10.1. The Bertz CT molecular complexity index is 650. The van der Waals surface area contributed by atoms with Crippen LogP contribution in [-0.4, -0.2) is 15.9 Å². The molecule has 1 aromatic carbocycles. The molecule has 0 atom stereocenters. The van der Waals surface area contributed by atoms with Crippen molar-refractivity contribution in [2.75, 3.05) is 0 Å². The zero-order valence-corrected chi connectivity index (χ0v) is 10.9. The molecule has 1 aliphatic rings. The van der Waals surface area contributed by atoms with Crippen molar-refractivity contribution < 1.29 is 9.90 Å². The van der Waals surface area contributed by atoms with E-state index in [4.69, 9.17) is 0 Å². The number of carbonyl (C=O) groups is 1. The first-order valence-electron chi connectivity index (χ1n) is 5.72. The summed E-state index contributed by atoms with van der Waals surface area (Å²) in [6.45, 7) is 0. The monoisotopic (exact) mass is 273 g/mol. The molecule has 4 heteroatoms. The molecule has 1 aromatic heterocycles. The van der Waals surface area contributed by atoms with Gasteiger partial charge < -0.3 is 5.11 Å². The molecule has 0 saturated carbocycles. The number of phenols is 1. The van der Waals surface area contributed by atoms with Crippen LogP contribution in [0.4, 0.5) is 0 Å². The van der Waals surface area contributed by atoms with Crippen molar-refractivity contribution in [1.29, 1.82) is 0 Å². The second-order valence-electron chi connectivity index (χ2n) is 4.27. The highest BCUT2D eigenvalue weighted by Gasteiger charge is 2.27. The number of nitrogens with zero attached hydrogens (tertiary/aromatic N) is 1. The summed E-state index contributed by atoms with van der Waals surface area (Å²) in [7, 11) is 0. The zero-order valence-electron chi connectivity index (χ0n) is 10.0. The van der Waals surface area contributed by atoms with Crippen LogP contribution in [0.5, 0.6) is 5.75 Å². The van der Waals surface area contributed by atoms with E-state index in [0.29, 0.717) is 17.6 Å². The van der Waals surface area contributed by atoms with Crippen molar-refractivity contribution in [3.8, 4) is 5.75 Å². The molecule has 0 amide bonds. The summed E-state index contributed by atoms with van der Waals surface area (Å²) in [5.74, 6) is -0.0180. The van der Waals surface area contributed by atoms with Crippen molar-refractivity contribution >= 4 is 24.3 Å². The Labute approximate surface area is 117 Å². The van der Waals surface area contributed by atoms with Crippen LogP contribution in [0, 0.1) is 0 Å².